The van der Waals surface area contributed by atoms with Crippen LogP contribution in [0, 0.1) is 5.82 Å². The van der Waals surface area contributed by atoms with Crippen LogP contribution < -0.4 is 5.32 Å². The number of Topliss-reactive ketones (excluding diaryl/α,β-unsaturated/α-hetero) is 1. The van der Waals surface area contributed by atoms with Crippen molar-refractivity contribution in [1.82, 2.24) is 5.32 Å². The van der Waals surface area contributed by atoms with Crippen molar-refractivity contribution in [3.8, 4) is 0 Å². The molecule has 126 valence electrons. The molecule has 0 aliphatic carbocycles. The van der Waals surface area contributed by atoms with Crippen LogP contribution in [0.15, 0.2) is 66.7 Å². The minimum atomic E-state index is -0.677. The molecule has 4 nitrogen and oxygen atoms in total. The van der Waals surface area contributed by atoms with Crippen LogP contribution >= 0.6 is 0 Å². The first kappa shape index (κ1) is 16.6. The summed E-state index contributed by atoms with van der Waals surface area (Å²) in [5.41, 5.74) is 1.22. The number of halogens is 1. The van der Waals surface area contributed by atoms with E-state index in [1.807, 2.05) is 30.3 Å². The average Bonchev–Trinajstić information content (AvgIpc) is 2.66. The lowest BCUT2D eigenvalue weighted by Crippen LogP contribution is -2.30. The van der Waals surface area contributed by atoms with E-state index in [9.17, 15) is 14.0 Å². The topological polar surface area (TPSA) is 55.4 Å². The average molecular weight is 337 g/mol. The zero-order valence-electron chi connectivity index (χ0n) is 13.4. The molecule has 0 aromatic heterocycles. The van der Waals surface area contributed by atoms with Gasteiger partial charge in [-0.2, -0.15) is 0 Å². The number of alkyl carbamates (subject to hydrolysis) is 1. The van der Waals surface area contributed by atoms with Crippen molar-refractivity contribution >= 4 is 22.6 Å². The first-order valence-corrected chi connectivity index (χ1v) is 7.80. The van der Waals surface area contributed by atoms with Crippen molar-refractivity contribution in [1.29, 1.82) is 0 Å². The largest absolute Gasteiger partial charge is 0.445 e. The molecule has 0 spiro atoms. The van der Waals surface area contributed by atoms with E-state index in [4.69, 9.17) is 4.74 Å². The van der Waals surface area contributed by atoms with E-state index in [-0.39, 0.29) is 24.8 Å². The minimum absolute atomic E-state index is 0.125. The van der Waals surface area contributed by atoms with Crippen molar-refractivity contribution in [3.63, 3.8) is 0 Å². The highest BCUT2D eigenvalue weighted by Crippen LogP contribution is 2.22. The Morgan fingerprint density at radius 1 is 0.880 bits per heavy atom. The number of rotatable bonds is 5. The van der Waals surface area contributed by atoms with E-state index in [1.54, 1.807) is 24.3 Å². The molecule has 0 atom stereocenters. The van der Waals surface area contributed by atoms with Crippen LogP contribution in [-0.2, 0) is 11.3 Å². The molecule has 0 aliphatic rings. The smallest absolute Gasteiger partial charge is 0.407 e. The van der Waals surface area contributed by atoms with Crippen molar-refractivity contribution < 1.29 is 18.7 Å². The number of fused-ring (bicyclic) bond motifs is 1. The van der Waals surface area contributed by atoms with Gasteiger partial charge < -0.3 is 10.1 Å². The minimum Gasteiger partial charge on any atom is -0.445 e. The second kappa shape index (κ2) is 7.57. The van der Waals surface area contributed by atoms with Gasteiger partial charge in [0.05, 0.1) is 6.54 Å². The van der Waals surface area contributed by atoms with Gasteiger partial charge in [0.15, 0.2) is 5.78 Å². The molecule has 0 saturated heterocycles. The summed E-state index contributed by atoms with van der Waals surface area (Å²) in [5, 5.41) is 3.32. The Morgan fingerprint density at radius 3 is 2.32 bits per heavy atom. The molecule has 3 aromatic rings. The van der Waals surface area contributed by atoms with Crippen molar-refractivity contribution in [2.24, 2.45) is 0 Å². The van der Waals surface area contributed by atoms with Gasteiger partial charge in [-0.05, 0) is 23.1 Å². The Morgan fingerprint density at radius 2 is 1.56 bits per heavy atom. The molecule has 0 radical (unpaired) electrons. The molecule has 3 rings (SSSR count). The molecule has 0 saturated carbocycles. The van der Waals surface area contributed by atoms with Gasteiger partial charge in [-0.25, -0.2) is 9.18 Å². The molecular formula is C20H16FNO3. The van der Waals surface area contributed by atoms with Gasteiger partial charge in [-0.1, -0.05) is 54.6 Å². The summed E-state index contributed by atoms with van der Waals surface area (Å²) in [7, 11) is 0. The van der Waals surface area contributed by atoms with E-state index in [0.717, 1.165) is 5.56 Å². The number of ether oxygens (including phenoxy) is 1. The normalized spacial score (nSPS) is 10.4. The lowest BCUT2D eigenvalue weighted by molar-refractivity contribution is 0.0975. The molecule has 5 heteroatoms. The Labute approximate surface area is 144 Å². The third-order valence-electron chi connectivity index (χ3n) is 3.78. The lowest BCUT2D eigenvalue weighted by Gasteiger charge is -2.09. The maximum absolute atomic E-state index is 13.8. The van der Waals surface area contributed by atoms with E-state index < -0.39 is 6.09 Å². The molecule has 25 heavy (non-hydrogen) atoms. The van der Waals surface area contributed by atoms with Crippen molar-refractivity contribution in [2.45, 2.75) is 6.61 Å². The van der Waals surface area contributed by atoms with Crippen LogP contribution in [0.4, 0.5) is 9.18 Å². The standard InChI is InChI=1S/C20H16FNO3/c21-18-11-10-17(15-8-4-5-9-16(15)18)19(23)12-22-20(24)25-13-14-6-2-1-3-7-14/h1-11H,12-13H2,(H,22,24). The molecule has 0 heterocycles. The molecule has 0 bridgehead atoms. The summed E-state index contributed by atoms with van der Waals surface area (Å²) in [6.45, 7) is -0.0937. The summed E-state index contributed by atoms with van der Waals surface area (Å²) in [4.78, 5) is 24.1. The van der Waals surface area contributed by atoms with Crippen LogP contribution in [0.5, 0.6) is 0 Å². The number of ketones is 1. The van der Waals surface area contributed by atoms with Crippen LogP contribution in [-0.4, -0.2) is 18.4 Å². The Hall–Kier alpha value is -3.21. The van der Waals surface area contributed by atoms with Crippen LogP contribution in [0.25, 0.3) is 10.8 Å². The highest BCUT2D eigenvalue weighted by atomic mass is 19.1. The Bertz CT molecular complexity index is 909. The monoisotopic (exact) mass is 337 g/mol. The fourth-order valence-electron chi connectivity index (χ4n) is 2.53. The quantitative estimate of drug-likeness (QED) is 0.714. The highest BCUT2D eigenvalue weighted by molar-refractivity contribution is 6.09. The zero-order valence-corrected chi connectivity index (χ0v) is 13.4. The van der Waals surface area contributed by atoms with E-state index >= 15 is 0 Å². The summed E-state index contributed by atoms with van der Waals surface area (Å²) in [5.74, 6) is -0.699. The lowest BCUT2D eigenvalue weighted by atomic mass is 10.0. The number of carbonyl (C=O) groups excluding carboxylic acids is 2. The fourth-order valence-corrected chi connectivity index (χ4v) is 2.53. The predicted octanol–water partition coefficient (Wildman–Crippen LogP) is 4.09. The molecule has 0 aliphatic heterocycles. The first-order valence-electron chi connectivity index (χ1n) is 7.80. The van der Waals surface area contributed by atoms with Crippen LogP contribution in [0.3, 0.4) is 0 Å². The highest BCUT2D eigenvalue weighted by Gasteiger charge is 2.13. The van der Waals surface area contributed by atoms with Crippen molar-refractivity contribution in [3.05, 3.63) is 83.7 Å². The number of hydrogen-bond acceptors (Lipinski definition) is 3. The number of carbonyl (C=O) groups is 2. The van der Waals surface area contributed by atoms with Gasteiger partial charge in [-0.15, -0.1) is 0 Å². The number of benzene rings is 3. The van der Waals surface area contributed by atoms with Gasteiger partial charge in [0.2, 0.25) is 0 Å². The number of nitrogens with one attached hydrogen (secondary N) is 1. The number of amides is 1. The third kappa shape index (κ3) is 4.01. The summed E-state index contributed by atoms with van der Waals surface area (Å²) in [6, 6.07) is 18.7. The van der Waals surface area contributed by atoms with Gasteiger partial charge in [0.25, 0.3) is 0 Å². The summed E-state index contributed by atoms with van der Waals surface area (Å²) < 4.78 is 18.9. The molecule has 0 fully saturated rings. The van der Waals surface area contributed by atoms with Crippen molar-refractivity contribution in [2.75, 3.05) is 6.54 Å². The van der Waals surface area contributed by atoms with Crippen LogP contribution in [0.1, 0.15) is 15.9 Å². The van der Waals surface area contributed by atoms with Gasteiger partial charge in [0.1, 0.15) is 12.4 Å². The second-order valence-corrected chi connectivity index (χ2v) is 5.48. The number of hydrogen-bond donors (Lipinski definition) is 1. The zero-order chi connectivity index (χ0) is 17.6. The second-order valence-electron chi connectivity index (χ2n) is 5.48. The maximum Gasteiger partial charge on any atom is 0.407 e. The molecule has 3 aromatic carbocycles. The Balaban J connectivity index is 1.61. The molecular weight excluding hydrogens is 321 g/mol. The van der Waals surface area contributed by atoms with E-state index in [2.05, 4.69) is 5.32 Å². The summed E-state index contributed by atoms with van der Waals surface area (Å²) in [6.07, 6.45) is -0.677. The maximum atomic E-state index is 13.8. The molecule has 0 unspecified atom stereocenters. The molecule has 1 N–H and O–H groups in total. The van der Waals surface area contributed by atoms with Gasteiger partial charge in [-0.3, -0.25) is 4.79 Å². The van der Waals surface area contributed by atoms with Gasteiger partial charge >= 0.3 is 6.09 Å². The molecule has 1 amide bonds. The summed E-state index contributed by atoms with van der Waals surface area (Å²) >= 11 is 0. The first-order chi connectivity index (χ1) is 12.1. The van der Waals surface area contributed by atoms with Crippen LogP contribution in [0.2, 0.25) is 0 Å². The van der Waals surface area contributed by atoms with E-state index in [1.165, 1.54) is 12.1 Å². The fraction of sp³-hybridized carbons (Fsp3) is 0.100. The Kier molecular flexibility index (Phi) is 5.04. The van der Waals surface area contributed by atoms with E-state index in [0.29, 0.717) is 16.3 Å². The predicted molar refractivity (Wildman–Crippen MR) is 92.9 cm³/mol. The van der Waals surface area contributed by atoms with Gasteiger partial charge in [0, 0.05) is 10.9 Å². The third-order valence-corrected chi connectivity index (χ3v) is 3.78. The SMILES string of the molecule is O=C(NCC(=O)c1ccc(F)c2ccccc12)OCc1ccccc1.